The quantitative estimate of drug-likeness (QED) is 0.808. The van der Waals surface area contributed by atoms with Crippen molar-refractivity contribution in [3.05, 3.63) is 70.8 Å². The van der Waals surface area contributed by atoms with Crippen LogP contribution < -0.4 is 0 Å². The summed E-state index contributed by atoms with van der Waals surface area (Å²) in [6.45, 7) is 4.29. The van der Waals surface area contributed by atoms with Gasteiger partial charge in [-0.05, 0) is 22.3 Å². The Hall–Kier alpha value is -2.62. The Morgan fingerprint density at radius 1 is 0.643 bits per heavy atom. The molecule has 0 radical (unpaired) electrons. The summed E-state index contributed by atoms with van der Waals surface area (Å²) in [4.78, 5) is 30.4. The molecular weight excluding hydrogens is 348 g/mol. The Bertz CT molecular complexity index is 851. The van der Waals surface area contributed by atoms with E-state index in [-0.39, 0.29) is 11.8 Å². The van der Waals surface area contributed by atoms with Gasteiger partial charge in [0.1, 0.15) is 0 Å². The van der Waals surface area contributed by atoms with Crippen LogP contribution in [0.5, 0.6) is 0 Å². The van der Waals surface area contributed by atoms with Gasteiger partial charge >= 0.3 is 0 Å². The number of nitrogens with zero attached hydrogens (tertiary/aromatic N) is 2. The van der Waals surface area contributed by atoms with Crippen molar-refractivity contribution in [3.63, 3.8) is 0 Å². The van der Waals surface area contributed by atoms with Gasteiger partial charge in [0.15, 0.2) is 0 Å². The Balaban J connectivity index is 2.15. The number of carbonyl (C=O) groups excluding carboxylic acids is 2. The number of benzene rings is 2. The lowest BCUT2D eigenvalue weighted by atomic mass is 9.41. The third kappa shape index (κ3) is 2.06. The molecule has 3 aliphatic rings. The van der Waals surface area contributed by atoms with Gasteiger partial charge in [0.05, 0.1) is 11.8 Å². The zero-order chi connectivity index (χ0) is 20.4. The highest BCUT2D eigenvalue weighted by atomic mass is 16.2. The maximum Gasteiger partial charge on any atom is 0.227 e. The first-order valence-electron chi connectivity index (χ1n) is 9.79. The number of amides is 2. The molecule has 0 saturated heterocycles. The third-order valence-corrected chi connectivity index (χ3v) is 7.08. The monoisotopic (exact) mass is 376 g/mol. The Morgan fingerprint density at radius 2 is 0.893 bits per heavy atom. The molecule has 28 heavy (non-hydrogen) atoms. The Morgan fingerprint density at radius 3 is 1.11 bits per heavy atom. The lowest BCUT2D eigenvalue weighted by Crippen LogP contribution is -2.65. The van der Waals surface area contributed by atoms with Crippen LogP contribution in [0.1, 0.15) is 36.1 Å². The third-order valence-electron chi connectivity index (χ3n) is 7.08. The first kappa shape index (κ1) is 18.7. The van der Waals surface area contributed by atoms with Crippen molar-refractivity contribution < 1.29 is 9.59 Å². The first-order valence-corrected chi connectivity index (χ1v) is 9.79. The van der Waals surface area contributed by atoms with E-state index in [1.54, 1.807) is 38.0 Å². The average molecular weight is 377 g/mol. The van der Waals surface area contributed by atoms with Crippen LogP contribution in [-0.4, -0.2) is 49.8 Å². The van der Waals surface area contributed by atoms with Crippen molar-refractivity contribution in [2.45, 2.75) is 24.7 Å². The van der Waals surface area contributed by atoms with E-state index in [1.807, 2.05) is 24.3 Å². The van der Waals surface area contributed by atoms with Gasteiger partial charge in [0.25, 0.3) is 0 Å². The van der Waals surface area contributed by atoms with Crippen molar-refractivity contribution in [2.75, 3.05) is 28.2 Å². The molecule has 2 aromatic carbocycles. The molecule has 4 heteroatoms. The molecule has 4 nitrogen and oxygen atoms in total. The molecule has 0 fully saturated rings. The molecule has 5 rings (SSSR count). The fraction of sp³-hybridized carbons (Fsp3) is 0.417. The lowest BCUT2D eigenvalue weighted by molar-refractivity contribution is -0.150. The van der Waals surface area contributed by atoms with E-state index in [0.717, 1.165) is 0 Å². The van der Waals surface area contributed by atoms with Gasteiger partial charge in [-0.15, -0.1) is 0 Å². The van der Waals surface area contributed by atoms with Crippen LogP contribution in [0.2, 0.25) is 0 Å². The second-order valence-electron chi connectivity index (χ2n) is 8.92. The van der Waals surface area contributed by atoms with Crippen molar-refractivity contribution >= 4 is 11.8 Å². The topological polar surface area (TPSA) is 40.6 Å². The van der Waals surface area contributed by atoms with Crippen molar-refractivity contribution in [3.8, 4) is 0 Å². The fourth-order valence-electron chi connectivity index (χ4n) is 5.74. The van der Waals surface area contributed by atoms with E-state index < -0.39 is 22.7 Å². The Kier molecular flexibility index (Phi) is 3.97. The number of fused-ring (bicyclic) bond motifs is 1. The van der Waals surface area contributed by atoms with Crippen LogP contribution >= 0.6 is 0 Å². The zero-order valence-electron chi connectivity index (χ0n) is 17.5. The summed E-state index contributed by atoms with van der Waals surface area (Å²) in [6, 6.07) is 16.7. The predicted molar refractivity (Wildman–Crippen MR) is 110 cm³/mol. The van der Waals surface area contributed by atoms with E-state index in [4.69, 9.17) is 0 Å². The van der Waals surface area contributed by atoms with E-state index in [1.165, 1.54) is 22.3 Å². The van der Waals surface area contributed by atoms with Gasteiger partial charge < -0.3 is 9.80 Å². The first-order chi connectivity index (χ1) is 13.2. The molecule has 2 bridgehead atoms. The molecule has 2 atom stereocenters. The van der Waals surface area contributed by atoms with Gasteiger partial charge in [-0.2, -0.15) is 0 Å². The molecule has 0 aliphatic heterocycles. The SMILES string of the molecule is CN(C)C(=O)[C@@H]1[C@H](C(=O)N(C)C)C2(C)c3ccccc3C1(C)c1ccccc12. The van der Waals surface area contributed by atoms with Crippen molar-refractivity contribution in [2.24, 2.45) is 11.8 Å². The number of carbonyl (C=O) groups is 2. The molecule has 0 aromatic heterocycles. The molecule has 2 amide bonds. The summed E-state index contributed by atoms with van der Waals surface area (Å²) in [5.41, 5.74) is 3.56. The van der Waals surface area contributed by atoms with Crippen molar-refractivity contribution in [1.29, 1.82) is 0 Å². The smallest absolute Gasteiger partial charge is 0.227 e. The summed E-state index contributed by atoms with van der Waals surface area (Å²) in [6.07, 6.45) is 0. The molecule has 0 unspecified atom stereocenters. The van der Waals surface area contributed by atoms with Crippen LogP contribution in [-0.2, 0) is 20.4 Å². The largest absolute Gasteiger partial charge is 0.349 e. The molecule has 0 N–H and O–H groups in total. The highest BCUT2D eigenvalue weighted by Gasteiger charge is 2.66. The number of rotatable bonds is 2. The van der Waals surface area contributed by atoms with Gasteiger partial charge in [-0.3, -0.25) is 9.59 Å². The summed E-state index contributed by atoms with van der Waals surface area (Å²) in [5.74, 6) is -0.879. The summed E-state index contributed by atoms with van der Waals surface area (Å²) < 4.78 is 0. The standard InChI is InChI=1S/C24H28N2O2/c1-23-15-11-7-9-13-17(15)24(2,18-14-10-8-12-16(18)23)20(22(28)26(5)6)19(23)21(27)25(3)4/h7-14,19-20H,1-6H3/t19-,20+,23?,24?. The van der Waals surface area contributed by atoms with Gasteiger partial charge in [0, 0.05) is 39.0 Å². The van der Waals surface area contributed by atoms with Crippen LogP contribution in [0.25, 0.3) is 0 Å². The van der Waals surface area contributed by atoms with E-state index in [2.05, 4.69) is 38.1 Å². The summed E-state index contributed by atoms with van der Waals surface area (Å²) in [5, 5.41) is 0. The minimum Gasteiger partial charge on any atom is -0.349 e. The lowest BCUT2D eigenvalue weighted by Gasteiger charge is -2.60. The van der Waals surface area contributed by atoms with E-state index in [0.29, 0.717) is 0 Å². The molecule has 2 aromatic rings. The van der Waals surface area contributed by atoms with E-state index in [9.17, 15) is 9.59 Å². The maximum absolute atomic E-state index is 13.5. The van der Waals surface area contributed by atoms with Crippen LogP contribution in [0.15, 0.2) is 48.5 Å². The molecule has 0 saturated carbocycles. The predicted octanol–water partition coefficient (Wildman–Crippen LogP) is 3.03. The maximum atomic E-state index is 13.5. The summed E-state index contributed by atoms with van der Waals surface area (Å²) >= 11 is 0. The number of hydrogen-bond acceptors (Lipinski definition) is 2. The Labute approximate surface area is 167 Å². The van der Waals surface area contributed by atoms with Crippen LogP contribution in [0.4, 0.5) is 0 Å². The van der Waals surface area contributed by atoms with Crippen molar-refractivity contribution in [1.82, 2.24) is 9.80 Å². The highest BCUT2D eigenvalue weighted by molar-refractivity contribution is 5.94. The van der Waals surface area contributed by atoms with Gasteiger partial charge in [0.2, 0.25) is 11.8 Å². The second-order valence-corrected chi connectivity index (χ2v) is 8.92. The van der Waals surface area contributed by atoms with Crippen LogP contribution in [0, 0.1) is 11.8 Å². The molecular formula is C24H28N2O2. The molecule has 146 valence electrons. The molecule has 3 aliphatic carbocycles. The normalized spacial score (nSPS) is 29.6. The minimum absolute atomic E-state index is 0.0120. The highest BCUT2D eigenvalue weighted by Crippen LogP contribution is 2.64. The molecule has 0 heterocycles. The second kappa shape index (κ2) is 5.94. The molecule has 0 spiro atoms. The van der Waals surface area contributed by atoms with E-state index >= 15 is 0 Å². The number of hydrogen-bond donors (Lipinski definition) is 0. The van der Waals surface area contributed by atoms with Gasteiger partial charge in [-0.25, -0.2) is 0 Å². The minimum atomic E-state index is -0.553. The average Bonchev–Trinajstić information content (AvgIpc) is 2.68. The van der Waals surface area contributed by atoms with Gasteiger partial charge in [-0.1, -0.05) is 62.4 Å². The zero-order valence-corrected chi connectivity index (χ0v) is 17.5. The van der Waals surface area contributed by atoms with Crippen LogP contribution in [0.3, 0.4) is 0 Å². The summed E-state index contributed by atoms with van der Waals surface area (Å²) in [7, 11) is 7.13. The fourth-order valence-corrected chi connectivity index (χ4v) is 5.74.